The maximum atomic E-state index is 10.4. The second-order valence-electron chi connectivity index (χ2n) is 3.93. The average Bonchev–Trinajstić information content (AvgIpc) is 2.97. The highest BCUT2D eigenvalue weighted by atomic mass is 32.1. The molecule has 0 saturated heterocycles. The van der Waals surface area contributed by atoms with Gasteiger partial charge in [0.1, 0.15) is 0 Å². The van der Waals surface area contributed by atoms with Gasteiger partial charge in [-0.3, -0.25) is 4.79 Å². The zero-order chi connectivity index (χ0) is 12.8. The third-order valence-corrected chi connectivity index (χ3v) is 3.41. The molecule has 0 amide bonds. The highest BCUT2D eigenvalue weighted by Crippen LogP contribution is 2.13. The fourth-order valence-corrected chi connectivity index (χ4v) is 2.33. The van der Waals surface area contributed by atoms with Crippen LogP contribution in [0.15, 0.2) is 17.5 Å². The summed E-state index contributed by atoms with van der Waals surface area (Å²) < 4.78 is 1.75. The van der Waals surface area contributed by atoms with Crippen LogP contribution in [0, 0.1) is 0 Å². The van der Waals surface area contributed by atoms with E-state index in [9.17, 15) is 4.79 Å². The van der Waals surface area contributed by atoms with E-state index in [1.165, 1.54) is 4.88 Å². The predicted molar refractivity (Wildman–Crippen MR) is 66.4 cm³/mol. The van der Waals surface area contributed by atoms with Crippen LogP contribution in [-0.4, -0.2) is 31.3 Å². The van der Waals surface area contributed by atoms with Gasteiger partial charge in [-0.15, -0.1) is 16.4 Å². The molecule has 0 aliphatic carbocycles. The van der Waals surface area contributed by atoms with Gasteiger partial charge in [-0.05, 0) is 34.7 Å². The molecule has 0 aliphatic rings. The molecule has 2 aromatic heterocycles. The number of aryl methyl sites for hydroxylation is 1. The van der Waals surface area contributed by atoms with Crippen LogP contribution in [-0.2, 0) is 17.8 Å². The van der Waals surface area contributed by atoms with Crippen LogP contribution < -0.4 is 0 Å². The van der Waals surface area contributed by atoms with E-state index in [2.05, 4.69) is 15.5 Å². The molecule has 6 nitrogen and oxygen atoms in total. The van der Waals surface area contributed by atoms with Gasteiger partial charge in [0.15, 0.2) is 5.82 Å². The molecular formula is C11H14N4O2S. The number of tetrazole rings is 1. The third kappa shape index (κ3) is 3.63. The van der Waals surface area contributed by atoms with Crippen molar-refractivity contribution in [3.63, 3.8) is 0 Å². The molecule has 96 valence electrons. The standard InChI is InChI=1S/C11H14N4O2S/c16-11(17)5-1-2-6-15-10(12-13-14-15)8-9-4-3-7-18-9/h3-4,7H,1-2,5-6,8H2,(H,16,17). The quantitative estimate of drug-likeness (QED) is 0.769. The first-order chi connectivity index (χ1) is 8.75. The molecule has 1 N–H and O–H groups in total. The Morgan fingerprint density at radius 2 is 2.33 bits per heavy atom. The predicted octanol–water partition coefficient (Wildman–Crippen LogP) is 1.58. The number of aromatic nitrogens is 4. The van der Waals surface area contributed by atoms with Gasteiger partial charge in [0.2, 0.25) is 0 Å². The number of hydrogen-bond acceptors (Lipinski definition) is 5. The molecular weight excluding hydrogens is 252 g/mol. The van der Waals surface area contributed by atoms with E-state index in [-0.39, 0.29) is 6.42 Å². The van der Waals surface area contributed by atoms with Crippen molar-refractivity contribution in [3.05, 3.63) is 28.2 Å². The molecule has 0 atom stereocenters. The number of thiophene rings is 1. The van der Waals surface area contributed by atoms with Gasteiger partial charge in [-0.25, -0.2) is 4.68 Å². The van der Waals surface area contributed by atoms with E-state index in [1.54, 1.807) is 16.0 Å². The van der Waals surface area contributed by atoms with Crippen molar-refractivity contribution in [2.45, 2.75) is 32.2 Å². The fourth-order valence-electron chi connectivity index (χ4n) is 1.63. The van der Waals surface area contributed by atoms with Crippen molar-refractivity contribution in [2.75, 3.05) is 0 Å². The number of aliphatic carboxylic acids is 1. The van der Waals surface area contributed by atoms with Gasteiger partial charge in [0.25, 0.3) is 0 Å². The van der Waals surface area contributed by atoms with Crippen LogP contribution in [0.25, 0.3) is 0 Å². The van der Waals surface area contributed by atoms with E-state index < -0.39 is 5.97 Å². The molecule has 0 aliphatic heterocycles. The Kier molecular flexibility index (Phi) is 4.40. The Labute approximate surface area is 108 Å². The molecule has 0 spiro atoms. The minimum absolute atomic E-state index is 0.197. The topological polar surface area (TPSA) is 80.9 Å². The largest absolute Gasteiger partial charge is 0.481 e. The molecule has 0 saturated carbocycles. The number of carbonyl (C=O) groups is 1. The van der Waals surface area contributed by atoms with Crippen molar-refractivity contribution in [1.82, 2.24) is 20.2 Å². The second kappa shape index (κ2) is 6.25. The Balaban J connectivity index is 1.85. The number of nitrogens with zero attached hydrogens (tertiary/aromatic N) is 4. The lowest BCUT2D eigenvalue weighted by atomic mass is 10.2. The third-order valence-electron chi connectivity index (χ3n) is 2.53. The minimum atomic E-state index is -0.759. The van der Waals surface area contributed by atoms with Gasteiger partial charge < -0.3 is 5.11 Å². The number of unbranched alkanes of at least 4 members (excludes halogenated alkanes) is 1. The van der Waals surface area contributed by atoms with Crippen molar-refractivity contribution in [3.8, 4) is 0 Å². The fraction of sp³-hybridized carbons (Fsp3) is 0.455. The molecule has 0 unspecified atom stereocenters. The number of carboxylic acids is 1. The molecule has 0 aromatic carbocycles. The smallest absolute Gasteiger partial charge is 0.303 e. The summed E-state index contributed by atoms with van der Waals surface area (Å²) in [5.41, 5.74) is 0. The highest BCUT2D eigenvalue weighted by Gasteiger charge is 2.07. The van der Waals surface area contributed by atoms with Crippen LogP contribution in [0.3, 0.4) is 0 Å². The summed E-state index contributed by atoms with van der Waals surface area (Å²) in [5, 5.41) is 22.2. The van der Waals surface area contributed by atoms with Gasteiger partial charge in [0, 0.05) is 24.3 Å². The lowest BCUT2D eigenvalue weighted by molar-refractivity contribution is -0.137. The first-order valence-electron chi connectivity index (χ1n) is 5.75. The van der Waals surface area contributed by atoms with Crippen LogP contribution >= 0.6 is 11.3 Å². The first-order valence-corrected chi connectivity index (χ1v) is 6.63. The maximum Gasteiger partial charge on any atom is 0.303 e. The van der Waals surface area contributed by atoms with Crippen LogP contribution in [0.4, 0.5) is 0 Å². The first kappa shape index (κ1) is 12.7. The normalized spacial score (nSPS) is 10.7. The molecule has 2 heterocycles. The molecule has 18 heavy (non-hydrogen) atoms. The van der Waals surface area contributed by atoms with Crippen LogP contribution in [0.2, 0.25) is 0 Å². The van der Waals surface area contributed by atoms with Gasteiger partial charge >= 0.3 is 5.97 Å². The summed E-state index contributed by atoms with van der Waals surface area (Å²) in [6.45, 7) is 0.668. The van der Waals surface area contributed by atoms with E-state index in [0.717, 1.165) is 18.7 Å². The average molecular weight is 266 g/mol. The van der Waals surface area contributed by atoms with Crippen molar-refractivity contribution in [2.24, 2.45) is 0 Å². The Morgan fingerprint density at radius 3 is 3.06 bits per heavy atom. The molecule has 2 aromatic rings. The van der Waals surface area contributed by atoms with E-state index in [1.807, 2.05) is 17.5 Å². The monoisotopic (exact) mass is 266 g/mol. The van der Waals surface area contributed by atoms with Gasteiger partial charge in [-0.2, -0.15) is 0 Å². The number of carboxylic acid groups (broad SMARTS) is 1. The second-order valence-corrected chi connectivity index (χ2v) is 4.96. The van der Waals surface area contributed by atoms with Gasteiger partial charge in [-0.1, -0.05) is 6.07 Å². The number of rotatable bonds is 7. The molecule has 0 bridgehead atoms. The molecule has 7 heteroatoms. The van der Waals surface area contributed by atoms with E-state index in [0.29, 0.717) is 13.0 Å². The van der Waals surface area contributed by atoms with Crippen molar-refractivity contribution < 1.29 is 9.90 Å². The van der Waals surface area contributed by atoms with Gasteiger partial charge in [0.05, 0.1) is 0 Å². The summed E-state index contributed by atoms with van der Waals surface area (Å²) in [6, 6.07) is 4.05. The van der Waals surface area contributed by atoms with Crippen molar-refractivity contribution in [1.29, 1.82) is 0 Å². The minimum Gasteiger partial charge on any atom is -0.481 e. The SMILES string of the molecule is O=C(O)CCCCn1nnnc1Cc1cccs1. The number of hydrogen-bond donors (Lipinski definition) is 1. The van der Waals surface area contributed by atoms with E-state index in [4.69, 9.17) is 5.11 Å². The molecule has 0 radical (unpaired) electrons. The summed E-state index contributed by atoms with van der Waals surface area (Å²) in [5.74, 6) is 0.0679. The summed E-state index contributed by atoms with van der Waals surface area (Å²) in [6.07, 6.45) is 2.34. The lowest BCUT2D eigenvalue weighted by Crippen LogP contribution is -2.07. The highest BCUT2D eigenvalue weighted by molar-refractivity contribution is 7.09. The maximum absolute atomic E-state index is 10.4. The zero-order valence-electron chi connectivity index (χ0n) is 9.82. The van der Waals surface area contributed by atoms with E-state index >= 15 is 0 Å². The Bertz CT molecular complexity index is 495. The lowest BCUT2D eigenvalue weighted by Gasteiger charge is -2.02. The Morgan fingerprint density at radius 1 is 1.44 bits per heavy atom. The Hall–Kier alpha value is -1.76. The zero-order valence-corrected chi connectivity index (χ0v) is 10.6. The summed E-state index contributed by atoms with van der Waals surface area (Å²) in [7, 11) is 0. The summed E-state index contributed by atoms with van der Waals surface area (Å²) >= 11 is 1.68. The van der Waals surface area contributed by atoms with Crippen LogP contribution in [0.5, 0.6) is 0 Å². The van der Waals surface area contributed by atoms with Crippen molar-refractivity contribution >= 4 is 17.3 Å². The van der Waals surface area contributed by atoms with Crippen LogP contribution in [0.1, 0.15) is 30.0 Å². The molecule has 0 fully saturated rings. The molecule has 2 rings (SSSR count). The summed E-state index contributed by atoms with van der Waals surface area (Å²) in [4.78, 5) is 11.6.